The normalized spacial score (nSPS) is 10.3. The molecule has 7 heteroatoms. The second-order valence-electron chi connectivity index (χ2n) is 4.39. The fourth-order valence-electron chi connectivity index (χ4n) is 1.63. The molecule has 0 saturated heterocycles. The number of hydrogen-bond acceptors (Lipinski definition) is 4. The van der Waals surface area contributed by atoms with Gasteiger partial charge in [-0.05, 0) is 19.1 Å². The lowest BCUT2D eigenvalue weighted by atomic mass is 10.2. The zero-order chi connectivity index (χ0) is 14.7. The molecule has 1 amide bonds. The number of hydrogen-bond donors (Lipinski definition) is 1. The number of likely N-dealkylation sites (N-methyl/N-ethyl adjacent to an activating group) is 1. The maximum absolute atomic E-state index is 12.1. The topological polar surface area (TPSA) is 88.3 Å². The third kappa shape index (κ3) is 3.00. The minimum Gasteiger partial charge on any atom is -0.476 e. The molecule has 0 aliphatic carbocycles. The fourth-order valence-corrected chi connectivity index (χ4v) is 1.63. The van der Waals surface area contributed by atoms with Crippen molar-refractivity contribution in [3.8, 4) is 0 Å². The van der Waals surface area contributed by atoms with Crippen LogP contribution in [0.25, 0.3) is 0 Å². The molecular weight excluding hydrogens is 260 g/mol. The van der Waals surface area contributed by atoms with Crippen LogP contribution < -0.4 is 4.90 Å². The van der Waals surface area contributed by atoms with Gasteiger partial charge in [0.2, 0.25) is 5.91 Å². The number of aryl methyl sites for hydroxylation is 1. The van der Waals surface area contributed by atoms with Crippen molar-refractivity contribution >= 4 is 17.6 Å². The van der Waals surface area contributed by atoms with Gasteiger partial charge in [0.1, 0.15) is 6.54 Å². The van der Waals surface area contributed by atoms with Gasteiger partial charge >= 0.3 is 5.97 Å². The molecule has 2 rings (SSSR count). The van der Waals surface area contributed by atoms with Crippen LogP contribution in [0.3, 0.4) is 0 Å². The van der Waals surface area contributed by atoms with Crippen LogP contribution in [0.4, 0.5) is 5.69 Å². The lowest BCUT2D eigenvalue weighted by molar-refractivity contribution is -0.119. The molecule has 20 heavy (non-hydrogen) atoms. The highest BCUT2D eigenvalue weighted by molar-refractivity contribution is 5.92. The molecule has 0 aliphatic rings. The van der Waals surface area contributed by atoms with E-state index in [9.17, 15) is 9.59 Å². The summed E-state index contributed by atoms with van der Waals surface area (Å²) < 4.78 is 1.20. The highest BCUT2D eigenvalue weighted by Crippen LogP contribution is 2.13. The largest absolute Gasteiger partial charge is 0.476 e. The number of carboxylic acids is 1. The van der Waals surface area contributed by atoms with E-state index in [0.29, 0.717) is 0 Å². The first-order chi connectivity index (χ1) is 9.47. The zero-order valence-electron chi connectivity index (χ0n) is 11.1. The second kappa shape index (κ2) is 5.52. The van der Waals surface area contributed by atoms with Crippen LogP contribution in [-0.2, 0) is 11.3 Å². The fraction of sp³-hybridized carbons (Fsp3) is 0.231. The molecule has 0 saturated carbocycles. The van der Waals surface area contributed by atoms with Crippen molar-refractivity contribution in [2.45, 2.75) is 13.5 Å². The monoisotopic (exact) mass is 274 g/mol. The van der Waals surface area contributed by atoms with Gasteiger partial charge in [-0.15, -0.1) is 5.10 Å². The summed E-state index contributed by atoms with van der Waals surface area (Å²) in [6.45, 7) is 1.90. The molecule has 0 unspecified atom stereocenters. The van der Waals surface area contributed by atoms with Crippen LogP contribution in [0, 0.1) is 6.92 Å². The van der Waals surface area contributed by atoms with Gasteiger partial charge in [0, 0.05) is 12.7 Å². The molecule has 0 aliphatic heterocycles. The van der Waals surface area contributed by atoms with Gasteiger partial charge in [-0.3, -0.25) is 4.79 Å². The van der Waals surface area contributed by atoms with E-state index in [1.54, 1.807) is 7.05 Å². The van der Waals surface area contributed by atoms with E-state index >= 15 is 0 Å². The molecule has 104 valence electrons. The van der Waals surface area contributed by atoms with Crippen molar-refractivity contribution in [2.24, 2.45) is 0 Å². The Hall–Kier alpha value is -2.70. The zero-order valence-corrected chi connectivity index (χ0v) is 11.1. The van der Waals surface area contributed by atoms with E-state index < -0.39 is 5.97 Å². The minimum absolute atomic E-state index is 0.0648. The third-order valence-electron chi connectivity index (χ3n) is 2.85. The lowest BCUT2D eigenvalue weighted by Crippen LogP contribution is -2.30. The smallest absolute Gasteiger partial charge is 0.358 e. The summed E-state index contributed by atoms with van der Waals surface area (Å²) in [7, 11) is 1.65. The number of carbonyl (C=O) groups excluding carboxylic acids is 1. The first-order valence-electron chi connectivity index (χ1n) is 5.94. The van der Waals surface area contributed by atoms with Gasteiger partial charge in [0.05, 0.1) is 6.20 Å². The Morgan fingerprint density at radius 1 is 1.30 bits per heavy atom. The molecule has 1 heterocycles. The van der Waals surface area contributed by atoms with Crippen molar-refractivity contribution in [1.29, 1.82) is 0 Å². The number of nitrogens with zero attached hydrogens (tertiary/aromatic N) is 4. The van der Waals surface area contributed by atoms with Crippen LogP contribution >= 0.6 is 0 Å². The van der Waals surface area contributed by atoms with E-state index in [1.807, 2.05) is 31.2 Å². The van der Waals surface area contributed by atoms with E-state index in [2.05, 4.69) is 10.3 Å². The first kappa shape index (κ1) is 13.7. The maximum Gasteiger partial charge on any atom is 0.358 e. The van der Waals surface area contributed by atoms with Crippen molar-refractivity contribution in [2.75, 3.05) is 11.9 Å². The molecule has 7 nitrogen and oxygen atoms in total. The predicted octanol–water partition coefficient (Wildman–Crippen LogP) is 0.948. The van der Waals surface area contributed by atoms with Crippen molar-refractivity contribution in [3.05, 3.63) is 41.7 Å². The Labute approximate surface area is 115 Å². The maximum atomic E-state index is 12.1. The van der Waals surface area contributed by atoms with Gasteiger partial charge in [-0.1, -0.05) is 22.9 Å². The molecule has 0 atom stereocenters. The van der Waals surface area contributed by atoms with E-state index in [1.165, 1.54) is 15.8 Å². The predicted molar refractivity (Wildman–Crippen MR) is 71.6 cm³/mol. The van der Waals surface area contributed by atoms with Crippen LogP contribution in [0.1, 0.15) is 16.1 Å². The number of benzene rings is 1. The standard InChI is InChI=1S/C13H14N4O3/c1-9-3-5-10(6-4-9)16(2)12(18)8-17-7-11(13(19)20)14-15-17/h3-7H,8H2,1-2H3,(H,19,20). The Kier molecular flexibility index (Phi) is 3.79. The average Bonchev–Trinajstić information content (AvgIpc) is 2.87. The van der Waals surface area contributed by atoms with Crippen LogP contribution in [0.2, 0.25) is 0 Å². The Morgan fingerprint density at radius 3 is 2.50 bits per heavy atom. The van der Waals surface area contributed by atoms with Gasteiger partial charge in [-0.25, -0.2) is 9.48 Å². The number of amides is 1. The van der Waals surface area contributed by atoms with Crippen LogP contribution in [0.5, 0.6) is 0 Å². The molecule has 0 fully saturated rings. The number of rotatable bonds is 4. The first-order valence-corrected chi connectivity index (χ1v) is 5.94. The number of carboxylic acid groups (broad SMARTS) is 1. The summed E-state index contributed by atoms with van der Waals surface area (Å²) in [5.74, 6) is -1.38. The number of carbonyl (C=O) groups is 2. The molecule has 2 aromatic rings. The van der Waals surface area contributed by atoms with Crippen molar-refractivity contribution in [3.63, 3.8) is 0 Å². The van der Waals surface area contributed by atoms with Crippen LogP contribution in [0.15, 0.2) is 30.5 Å². The summed E-state index contributed by atoms with van der Waals surface area (Å²) in [5.41, 5.74) is 1.69. The van der Waals surface area contributed by atoms with Gasteiger partial charge in [0.25, 0.3) is 0 Å². The SMILES string of the molecule is Cc1ccc(N(C)C(=O)Cn2cc(C(=O)O)nn2)cc1. The van der Waals surface area contributed by atoms with E-state index in [-0.39, 0.29) is 18.1 Å². The van der Waals surface area contributed by atoms with Gasteiger partial charge in [0.15, 0.2) is 5.69 Å². The van der Waals surface area contributed by atoms with Crippen molar-refractivity contribution < 1.29 is 14.7 Å². The molecule has 1 N–H and O–H groups in total. The summed E-state index contributed by atoms with van der Waals surface area (Å²) >= 11 is 0. The van der Waals surface area contributed by atoms with Crippen molar-refractivity contribution in [1.82, 2.24) is 15.0 Å². The highest BCUT2D eigenvalue weighted by Gasteiger charge is 2.14. The Morgan fingerprint density at radius 2 is 1.95 bits per heavy atom. The summed E-state index contributed by atoms with van der Waals surface area (Å²) in [6.07, 6.45) is 1.23. The van der Waals surface area contributed by atoms with Crippen LogP contribution in [-0.4, -0.2) is 39.0 Å². The average molecular weight is 274 g/mol. The number of aromatic carboxylic acids is 1. The second-order valence-corrected chi connectivity index (χ2v) is 4.39. The van der Waals surface area contributed by atoms with Gasteiger partial charge < -0.3 is 10.0 Å². The van der Waals surface area contributed by atoms with E-state index in [4.69, 9.17) is 5.11 Å². The third-order valence-corrected chi connectivity index (χ3v) is 2.85. The Bertz CT molecular complexity index is 633. The summed E-state index contributed by atoms with van der Waals surface area (Å²) in [4.78, 5) is 24.2. The summed E-state index contributed by atoms with van der Waals surface area (Å²) in [5, 5.41) is 15.8. The quantitative estimate of drug-likeness (QED) is 0.896. The highest BCUT2D eigenvalue weighted by atomic mass is 16.4. The lowest BCUT2D eigenvalue weighted by Gasteiger charge is -2.17. The molecule has 1 aromatic carbocycles. The molecule has 0 radical (unpaired) electrons. The number of aromatic nitrogens is 3. The molecule has 1 aromatic heterocycles. The molecular formula is C13H14N4O3. The Balaban J connectivity index is 2.07. The number of anilines is 1. The molecule has 0 spiro atoms. The minimum atomic E-state index is -1.17. The van der Waals surface area contributed by atoms with E-state index in [0.717, 1.165) is 11.3 Å². The molecule has 0 bridgehead atoms. The van der Waals surface area contributed by atoms with Gasteiger partial charge in [-0.2, -0.15) is 0 Å². The summed E-state index contributed by atoms with van der Waals surface area (Å²) in [6, 6.07) is 7.52.